The average Bonchev–Trinajstić information content (AvgIpc) is 3.21. The number of aromatic amines is 1. The van der Waals surface area contributed by atoms with Gasteiger partial charge in [0.1, 0.15) is 0 Å². The van der Waals surface area contributed by atoms with Crippen LogP contribution >= 0.6 is 11.6 Å². The molecular formula is C17H20ClN5O. The van der Waals surface area contributed by atoms with Crippen molar-refractivity contribution in [3.63, 3.8) is 0 Å². The van der Waals surface area contributed by atoms with E-state index in [1.54, 1.807) is 0 Å². The predicted octanol–water partition coefficient (Wildman–Crippen LogP) is 1.72. The van der Waals surface area contributed by atoms with Crippen molar-refractivity contribution in [2.75, 3.05) is 24.5 Å². The second kappa shape index (κ2) is 6.45. The zero-order valence-corrected chi connectivity index (χ0v) is 14.1. The van der Waals surface area contributed by atoms with Crippen LogP contribution in [0, 0.1) is 0 Å². The van der Waals surface area contributed by atoms with Gasteiger partial charge in [0.15, 0.2) is 5.69 Å². The Kier molecular flexibility index (Phi) is 4.16. The molecule has 126 valence electrons. The van der Waals surface area contributed by atoms with Gasteiger partial charge >= 0.3 is 0 Å². The zero-order valence-electron chi connectivity index (χ0n) is 13.3. The summed E-state index contributed by atoms with van der Waals surface area (Å²) in [5, 5.41) is 14.4. The number of hydrogen-bond acceptors (Lipinski definition) is 4. The van der Waals surface area contributed by atoms with Crippen LogP contribution in [0.5, 0.6) is 0 Å². The summed E-state index contributed by atoms with van der Waals surface area (Å²) in [5.41, 5.74) is 3.70. The van der Waals surface area contributed by atoms with E-state index in [9.17, 15) is 4.79 Å². The number of amides is 1. The molecule has 0 spiro atoms. The Bertz CT molecular complexity index is 759. The van der Waals surface area contributed by atoms with Gasteiger partial charge in [-0.1, -0.05) is 17.7 Å². The number of nitrogens with one attached hydrogen (secondary N) is 3. The molecule has 3 heterocycles. The third kappa shape index (κ3) is 2.99. The van der Waals surface area contributed by atoms with Crippen LogP contribution in [0.1, 0.15) is 28.2 Å². The first-order valence-corrected chi connectivity index (χ1v) is 8.67. The normalized spacial score (nSPS) is 20.0. The first-order valence-electron chi connectivity index (χ1n) is 8.29. The molecule has 1 atom stereocenters. The van der Waals surface area contributed by atoms with Crippen LogP contribution < -0.4 is 15.5 Å². The van der Waals surface area contributed by atoms with Gasteiger partial charge in [-0.2, -0.15) is 5.10 Å². The molecule has 2 aliphatic rings. The lowest BCUT2D eigenvalue weighted by Gasteiger charge is -2.19. The van der Waals surface area contributed by atoms with Crippen molar-refractivity contribution < 1.29 is 4.79 Å². The van der Waals surface area contributed by atoms with Crippen LogP contribution in [0.2, 0.25) is 5.02 Å². The predicted molar refractivity (Wildman–Crippen MR) is 93.5 cm³/mol. The number of rotatable bonds is 3. The van der Waals surface area contributed by atoms with Crippen molar-refractivity contribution in [1.82, 2.24) is 20.8 Å². The molecule has 4 rings (SSSR count). The fraction of sp³-hybridized carbons (Fsp3) is 0.412. The Balaban J connectivity index is 1.41. The van der Waals surface area contributed by atoms with E-state index < -0.39 is 0 Å². The second-order valence-electron chi connectivity index (χ2n) is 6.34. The molecule has 0 saturated carbocycles. The Hall–Kier alpha value is -2.05. The van der Waals surface area contributed by atoms with Crippen LogP contribution in [-0.2, 0) is 13.0 Å². The van der Waals surface area contributed by atoms with Crippen LogP contribution in [0.15, 0.2) is 24.3 Å². The summed E-state index contributed by atoms with van der Waals surface area (Å²) >= 11 is 6.06. The Morgan fingerprint density at radius 2 is 2.33 bits per heavy atom. The van der Waals surface area contributed by atoms with Crippen molar-refractivity contribution in [3.05, 3.63) is 46.2 Å². The molecule has 1 amide bonds. The number of nitrogens with zero attached hydrogens (tertiary/aromatic N) is 2. The number of fused-ring (bicyclic) bond motifs is 1. The summed E-state index contributed by atoms with van der Waals surface area (Å²) in [7, 11) is 0. The molecule has 7 heteroatoms. The summed E-state index contributed by atoms with van der Waals surface area (Å²) in [5.74, 6) is -0.0888. The van der Waals surface area contributed by atoms with Crippen LogP contribution in [0.4, 0.5) is 5.69 Å². The Morgan fingerprint density at radius 1 is 1.42 bits per heavy atom. The fourth-order valence-corrected chi connectivity index (χ4v) is 3.64. The molecule has 1 saturated heterocycles. The highest BCUT2D eigenvalue weighted by molar-refractivity contribution is 6.30. The van der Waals surface area contributed by atoms with Crippen LogP contribution in [0.25, 0.3) is 0 Å². The lowest BCUT2D eigenvalue weighted by Crippen LogP contribution is -2.38. The molecule has 3 N–H and O–H groups in total. The molecule has 1 aromatic heterocycles. The number of carbonyl (C=O) groups excluding carboxylic acids is 1. The molecule has 2 aliphatic heterocycles. The van der Waals surface area contributed by atoms with Gasteiger partial charge in [0.25, 0.3) is 5.91 Å². The van der Waals surface area contributed by atoms with Crippen molar-refractivity contribution in [1.29, 1.82) is 0 Å². The highest BCUT2D eigenvalue weighted by Crippen LogP contribution is 2.24. The highest BCUT2D eigenvalue weighted by Gasteiger charge is 2.27. The highest BCUT2D eigenvalue weighted by atomic mass is 35.5. The molecule has 0 radical (unpaired) electrons. The number of aromatic nitrogens is 2. The summed E-state index contributed by atoms with van der Waals surface area (Å²) < 4.78 is 0. The first kappa shape index (κ1) is 15.5. The molecule has 1 aromatic carbocycles. The largest absolute Gasteiger partial charge is 0.369 e. The van der Waals surface area contributed by atoms with Crippen molar-refractivity contribution in [2.24, 2.45) is 0 Å². The topological polar surface area (TPSA) is 73.0 Å². The molecule has 0 aliphatic carbocycles. The summed E-state index contributed by atoms with van der Waals surface area (Å²) in [6.07, 6.45) is 1.81. The summed E-state index contributed by atoms with van der Waals surface area (Å²) in [6.45, 7) is 3.32. The van der Waals surface area contributed by atoms with E-state index >= 15 is 0 Å². The standard InChI is InChI=1S/C17H20ClN5O/c18-11-2-1-3-13(8-11)23-7-5-12(10-23)20-17(24)16-14-9-19-6-4-15(14)21-22-16/h1-3,8,12,19H,4-7,9-10H2,(H,20,24)(H,21,22). The average molecular weight is 346 g/mol. The van der Waals surface area contributed by atoms with E-state index in [1.165, 1.54) is 0 Å². The monoisotopic (exact) mass is 345 g/mol. The number of H-pyrrole nitrogens is 1. The van der Waals surface area contributed by atoms with Gasteiger partial charge in [-0.05, 0) is 24.6 Å². The van der Waals surface area contributed by atoms with Crippen LogP contribution in [-0.4, -0.2) is 41.8 Å². The van der Waals surface area contributed by atoms with Gasteiger partial charge in [-0.25, -0.2) is 0 Å². The van der Waals surface area contributed by atoms with Gasteiger partial charge in [-0.3, -0.25) is 9.89 Å². The van der Waals surface area contributed by atoms with E-state index in [4.69, 9.17) is 11.6 Å². The number of anilines is 1. The zero-order chi connectivity index (χ0) is 16.5. The van der Waals surface area contributed by atoms with Gasteiger partial charge in [0.2, 0.25) is 0 Å². The molecule has 24 heavy (non-hydrogen) atoms. The molecular weight excluding hydrogens is 326 g/mol. The number of halogens is 1. The quantitative estimate of drug-likeness (QED) is 0.792. The minimum absolute atomic E-state index is 0.0888. The summed E-state index contributed by atoms with van der Waals surface area (Å²) in [4.78, 5) is 14.8. The summed E-state index contributed by atoms with van der Waals surface area (Å²) in [6, 6.07) is 7.95. The van der Waals surface area contributed by atoms with Crippen molar-refractivity contribution >= 4 is 23.2 Å². The van der Waals surface area contributed by atoms with Gasteiger partial charge in [0, 0.05) is 60.6 Å². The molecule has 6 nitrogen and oxygen atoms in total. The van der Waals surface area contributed by atoms with Crippen LogP contribution in [0.3, 0.4) is 0 Å². The molecule has 2 aromatic rings. The van der Waals surface area contributed by atoms with E-state index in [-0.39, 0.29) is 11.9 Å². The molecule has 0 bridgehead atoms. The van der Waals surface area contributed by atoms with E-state index in [0.29, 0.717) is 12.2 Å². The maximum Gasteiger partial charge on any atom is 0.272 e. The molecule has 1 unspecified atom stereocenters. The smallest absolute Gasteiger partial charge is 0.272 e. The van der Waals surface area contributed by atoms with Crippen molar-refractivity contribution in [3.8, 4) is 0 Å². The third-order valence-corrected chi connectivity index (χ3v) is 4.95. The van der Waals surface area contributed by atoms with Gasteiger partial charge in [-0.15, -0.1) is 0 Å². The first-order chi connectivity index (χ1) is 11.7. The number of carbonyl (C=O) groups is 1. The lowest BCUT2D eigenvalue weighted by atomic mass is 10.1. The van der Waals surface area contributed by atoms with Gasteiger partial charge in [0.05, 0.1) is 0 Å². The Morgan fingerprint density at radius 3 is 3.21 bits per heavy atom. The minimum atomic E-state index is -0.0888. The maximum absolute atomic E-state index is 12.6. The SMILES string of the molecule is O=C(NC1CCN(c2cccc(Cl)c2)C1)c1n[nH]c2c1CNCC2. The minimum Gasteiger partial charge on any atom is -0.369 e. The maximum atomic E-state index is 12.6. The van der Waals surface area contributed by atoms with E-state index in [1.807, 2.05) is 24.3 Å². The van der Waals surface area contributed by atoms with E-state index in [0.717, 1.165) is 54.4 Å². The number of benzene rings is 1. The Labute approximate surface area is 145 Å². The van der Waals surface area contributed by atoms with E-state index in [2.05, 4.69) is 25.7 Å². The molecule has 1 fully saturated rings. The second-order valence-corrected chi connectivity index (χ2v) is 6.78. The van der Waals surface area contributed by atoms with Gasteiger partial charge < -0.3 is 15.5 Å². The number of hydrogen-bond donors (Lipinski definition) is 3. The fourth-order valence-electron chi connectivity index (χ4n) is 3.45. The third-order valence-electron chi connectivity index (χ3n) is 4.72. The lowest BCUT2D eigenvalue weighted by molar-refractivity contribution is 0.0934. The van der Waals surface area contributed by atoms with Crippen molar-refractivity contribution in [2.45, 2.75) is 25.4 Å².